The van der Waals surface area contributed by atoms with Gasteiger partial charge >= 0.3 is 5.97 Å². The molecule has 2 heterocycles. The van der Waals surface area contributed by atoms with Crippen molar-refractivity contribution < 1.29 is 19.1 Å². The number of anilines is 2. The molecule has 2 aromatic rings. The van der Waals surface area contributed by atoms with E-state index in [-0.39, 0.29) is 28.6 Å². The van der Waals surface area contributed by atoms with E-state index in [9.17, 15) is 14.4 Å². The molecule has 142 valence electrons. The van der Waals surface area contributed by atoms with Gasteiger partial charge in [0, 0.05) is 0 Å². The summed E-state index contributed by atoms with van der Waals surface area (Å²) in [5, 5.41) is 1.76. The summed E-state index contributed by atoms with van der Waals surface area (Å²) in [5.41, 5.74) is 3.79. The van der Waals surface area contributed by atoms with Gasteiger partial charge in [0.05, 0.1) is 28.6 Å². The van der Waals surface area contributed by atoms with Crippen molar-refractivity contribution in [1.29, 1.82) is 0 Å². The molecule has 28 heavy (non-hydrogen) atoms. The first kappa shape index (κ1) is 18.1. The van der Waals surface area contributed by atoms with Crippen LogP contribution < -0.4 is 15.3 Å². The molecule has 1 atom stereocenters. The van der Waals surface area contributed by atoms with Gasteiger partial charge in [0.15, 0.2) is 11.7 Å². The minimum Gasteiger partial charge on any atom is -0.461 e. The molecular formula is C20H16ClN3O4. The molecule has 8 heteroatoms. The second-order valence-corrected chi connectivity index (χ2v) is 6.57. The number of amides is 2. The van der Waals surface area contributed by atoms with Gasteiger partial charge in [0.25, 0.3) is 11.8 Å². The molecule has 2 aliphatic rings. The van der Waals surface area contributed by atoms with Gasteiger partial charge in [-0.1, -0.05) is 41.9 Å². The van der Waals surface area contributed by atoms with Crippen LogP contribution in [-0.4, -0.2) is 30.4 Å². The van der Waals surface area contributed by atoms with Crippen molar-refractivity contribution in [3.8, 4) is 0 Å². The van der Waals surface area contributed by atoms with Crippen molar-refractivity contribution in [2.24, 2.45) is 0 Å². The number of hydrogen-bond donors (Lipinski definition) is 1. The molecule has 0 unspecified atom stereocenters. The summed E-state index contributed by atoms with van der Waals surface area (Å²) < 4.78 is 5.07. The largest absolute Gasteiger partial charge is 0.461 e. The average molecular weight is 398 g/mol. The summed E-state index contributed by atoms with van der Waals surface area (Å²) in [5.74, 6) is -1.79. The molecule has 1 N–H and O–H groups in total. The van der Waals surface area contributed by atoms with Crippen LogP contribution >= 0.6 is 11.6 Å². The maximum atomic E-state index is 13.2. The van der Waals surface area contributed by atoms with Gasteiger partial charge < -0.3 is 4.74 Å². The number of halogens is 1. The number of carbonyl (C=O) groups is 3. The Bertz CT molecular complexity index is 1010. The van der Waals surface area contributed by atoms with Gasteiger partial charge in [-0.15, -0.1) is 0 Å². The highest BCUT2D eigenvalue weighted by Crippen LogP contribution is 2.38. The van der Waals surface area contributed by atoms with E-state index in [1.54, 1.807) is 55.5 Å². The molecule has 2 aliphatic heterocycles. The Hall–Kier alpha value is -3.32. The minimum atomic E-state index is -0.995. The Balaban J connectivity index is 1.84. The molecule has 0 spiro atoms. The highest BCUT2D eigenvalue weighted by Gasteiger charge is 2.54. The number of esters is 1. The van der Waals surface area contributed by atoms with Crippen molar-refractivity contribution in [2.45, 2.75) is 13.0 Å². The molecule has 1 fully saturated rings. The van der Waals surface area contributed by atoms with Crippen LogP contribution in [0, 0.1) is 0 Å². The lowest BCUT2D eigenvalue weighted by atomic mass is 10.1. The van der Waals surface area contributed by atoms with Crippen molar-refractivity contribution >= 4 is 40.8 Å². The number of hydrogen-bond acceptors (Lipinski definition) is 6. The number of hydrazine groups is 1. The Labute approximate surface area is 166 Å². The number of nitrogens with one attached hydrogen (secondary N) is 1. The number of ether oxygens (including phenoxy) is 1. The first-order valence-corrected chi connectivity index (χ1v) is 9.07. The summed E-state index contributed by atoms with van der Waals surface area (Å²) >= 11 is 6.21. The predicted octanol–water partition coefficient (Wildman–Crippen LogP) is 2.42. The van der Waals surface area contributed by atoms with E-state index >= 15 is 0 Å². The summed E-state index contributed by atoms with van der Waals surface area (Å²) in [4.78, 5) is 39.9. The Morgan fingerprint density at radius 3 is 2.46 bits per heavy atom. The topological polar surface area (TPSA) is 79.0 Å². The fourth-order valence-electron chi connectivity index (χ4n) is 3.33. The van der Waals surface area contributed by atoms with Gasteiger partial charge in [-0.3, -0.25) is 20.0 Å². The lowest BCUT2D eigenvalue weighted by Crippen LogP contribution is -2.46. The van der Waals surface area contributed by atoms with Gasteiger partial charge in [0.2, 0.25) is 0 Å². The van der Waals surface area contributed by atoms with Crippen LogP contribution in [-0.2, 0) is 19.1 Å². The summed E-state index contributed by atoms with van der Waals surface area (Å²) in [6, 6.07) is 14.6. The lowest BCUT2D eigenvalue weighted by Gasteiger charge is -2.26. The zero-order valence-electron chi connectivity index (χ0n) is 14.9. The Morgan fingerprint density at radius 1 is 1.11 bits per heavy atom. The van der Waals surface area contributed by atoms with E-state index in [1.807, 2.05) is 6.07 Å². The van der Waals surface area contributed by atoms with E-state index < -0.39 is 23.8 Å². The molecule has 2 aromatic carbocycles. The van der Waals surface area contributed by atoms with E-state index in [0.29, 0.717) is 5.69 Å². The first-order chi connectivity index (χ1) is 13.5. The molecule has 7 nitrogen and oxygen atoms in total. The van der Waals surface area contributed by atoms with E-state index in [0.717, 1.165) is 4.90 Å². The minimum absolute atomic E-state index is 0.0383. The molecular weight excluding hydrogens is 382 g/mol. The summed E-state index contributed by atoms with van der Waals surface area (Å²) in [7, 11) is 0. The van der Waals surface area contributed by atoms with Crippen molar-refractivity contribution in [2.75, 3.05) is 16.5 Å². The third-order valence-corrected chi connectivity index (χ3v) is 4.85. The summed E-state index contributed by atoms with van der Waals surface area (Å²) in [6.45, 7) is 1.81. The zero-order chi connectivity index (χ0) is 19.8. The van der Waals surface area contributed by atoms with E-state index in [1.165, 1.54) is 5.01 Å². The maximum absolute atomic E-state index is 13.2. The SMILES string of the molecule is CCOC(=O)C1=C2C(=O)N(c3ccccc3Cl)C(=O)[C@@H]2N(c2ccccc2)N1. The number of benzene rings is 2. The highest BCUT2D eigenvalue weighted by molar-refractivity contribution is 6.39. The van der Waals surface area contributed by atoms with Crippen LogP contribution in [0.25, 0.3) is 0 Å². The van der Waals surface area contributed by atoms with E-state index in [2.05, 4.69) is 5.43 Å². The monoisotopic (exact) mass is 397 g/mol. The van der Waals surface area contributed by atoms with Crippen LogP contribution in [0.2, 0.25) is 5.02 Å². The third-order valence-electron chi connectivity index (χ3n) is 4.53. The normalized spacial score (nSPS) is 18.4. The van der Waals surface area contributed by atoms with E-state index in [4.69, 9.17) is 16.3 Å². The van der Waals surface area contributed by atoms with Crippen LogP contribution in [0.5, 0.6) is 0 Å². The number of nitrogens with zero attached hydrogens (tertiary/aromatic N) is 2. The quantitative estimate of drug-likeness (QED) is 0.630. The number of imide groups is 1. The van der Waals surface area contributed by atoms with Crippen molar-refractivity contribution in [3.63, 3.8) is 0 Å². The fourth-order valence-corrected chi connectivity index (χ4v) is 3.55. The first-order valence-electron chi connectivity index (χ1n) is 8.69. The van der Waals surface area contributed by atoms with Crippen LogP contribution in [0.1, 0.15) is 6.92 Å². The Kier molecular flexibility index (Phi) is 4.52. The van der Waals surface area contributed by atoms with Crippen LogP contribution in [0.4, 0.5) is 11.4 Å². The number of para-hydroxylation sites is 2. The van der Waals surface area contributed by atoms with Gasteiger partial charge in [-0.2, -0.15) is 0 Å². The molecule has 0 aliphatic carbocycles. The highest BCUT2D eigenvalue weighted by atomic mass is 35.5. The summed E-state index contributed by atoms with van der Waals surface area (Å²) in [6.07, 6.45) is 0. The standard InChI is InChI=1S/C20H16ClN3O4/c1-2-28-20(27)16-15-17(24(22-16)12-8-4-3-5-9-12)19(26)23(18(15)25)14-11-7-6-10-13(14)21/h3-11,17,22H,2H2,1H3/t17-/m1/s1. The molecule has 0 radical (unpaired) electrons. The molecule has 0 aromatic heterocycles. The molecule has 0 bridgehead atoms. The second kappa shape index (κ2) is 7.01. The zero-order valence-corrected chi connectivity index (χ0v) is 15.6. The van der Waals surface area contributed by atoms with Crippen LogP contribution in [0.15, 0.2) is 65.9 Å². The fraction of sp³-hybridized carbons (Fsp3) is 0.150. The van der Waals surface area contributed by atoms with Gasteiger partial charge in [-0.05, 0) is 31.2 Å². The lowest BCUT2D eigenvalue weighted by molar-refractivity contribution is -0.139. The third kappa shape index (κ3) is 2.71. The average Bonchev–Trinajstić information content (AvgIpc) is 3.21. The number of rotatable bonds is 4. The molecule has 1 saturated heterocycles. The van der Waals surface area contributed by atoms with Crippen molar-refractivity contribution in [1.82, 2.24) is 5.43 Å². The molecule has 4 rings (SSSR count). The van der Waals surface area contributed by atoms with Gasteiger partial charge in [-0.25, -0.2) is 9.69 Å². The molecule has 2 amide bonds. The van der Waals surface area contributed by atoms with Crippen molar-refractivity contribution in [3.05, 3.63) is 70.9 Å². The predicted molar refractivity (Wildman–Crippen MR) is 103 cm³/mol. The second-order valence-electron chi connectivity index (χ2n) is 6.16. The maximum Gasteiger partial charge on any atom is 0.356 e. The smallest absolute Gasteiger partial charge is 0.356 e. The number of fused-ring (bicyclic) bond motifs is 1. The van der Waals surface area contributed by atoms with Gasteiger partial charge in [0.1, 0.15) is 0 Å². The molecule has 0 saturated carbocycles. The van der Waals surface area contributed by atoms with Crippen LogP contribution in [0.3, 0.4) is 0 Å². The number of carbonyl (C=O) groups excluding carboxylic acids is 3. The Morgan fingerprint density at radius 2 is 1.79 bits per heavy atom.